The number of imidazole rings is 1. The molecule has 0 aliphatic rings. The van der Waals surface area contributed by atoms with Crippen molar-refractivity contribution >= 4 is 43.4 Å². The van der Waals surface area contributed by atoms with Gasteiger partial charge in [-0.15, -0.1) is 11.3 Å². The van der Waals surface area contributed by atoms with Crippen molar-refractivity contribution < 1.29 is 4.57 Å². The van der Waals surface area contributed by atoms with Crippen molar-refractivity contribution in [2.24, 2.45) is 13.0 Å². The van der Waals surface area contributed by atoms with Crippen molar-refractivity contribution in [3.8, 4) is 17.1 Å². The van der Waals surface area contributed by atoms with Crippen molar-refractivity contribution in [3.05, 3.63) is 89.4 Å². The number of hydrogen-bond donors (Lipinski definition) is 0. The molecule has 0 aliphatic heterocycles. The van der Waals surface area contributed by atoms with Gasteiger partial charge in [0.05, 0.1) is 27.8 Å². The highest BCUT2D eigenvalue weighted by Gasteiger charge is 2.30. The van der Waals surface area contributed by atoms with Gasteiger partial charge in [-0.1, -0.05) is 68.4 Å². The molecule has 6 aromatic rings. The van der Waals surface area contributed by atoms with E-state index in [1.165, 1.54) is 54.2 Å². The molecule has 0 spiro atoms. The van der Waals surface area contributed by atoms with Crippen LogP contribution >= 0.6 is 11.3 Å². The Hall–Kier alpha value is -3.50. The van der Waals surface area contributed by atoms with Crippen molar-refractivity contribution in [1.82, 2.24) is 9.55 Å². The Bertz CT molecular complexity index is 1680. The molecule has 168 valence electrons. The molecule has 34 heavy (non-hydrogen) atoms. The largest absolute Gasteiger partial charge is 0.297 e. The third-order valence-corrected chi connectivity index (χ3v) is 7.68. The smallest absolute Gasteiger partial charge is 0.240 e. The summed E-state index contributed by atoms with van der Waals surface area (Å²) < 4.78 is 6.02. The Morgan fingerprint density at radius 2 is 1.68 bits per heavy atom. The fraction of sp³-hybridized carbons (Fsp3) is 0.200. The lowest BCUT2D eigenvalue weighted by Crippen LogP contribution is -2.30. The maximum Gasteiger partial charge on any atom is 0.297 e. The average molecular weight is 463 g/mol. The Balaban J connectivity index is 1.75. The molecule has 0 saturated carbocycles. The SMILES string of the molecule is Cc1ccc2sc(CC(C)C)nc2c1-c1n(-c2cccc3ccccc23)c2ccccc2[n+]1C. The molecule has 0 aliphatic carbocycles. The van der Waals surface area contributed by atoms with Crippen LogP contribution in [0.4, 0.5) is 0 Å². The molecule has 0 bridgehead atoms. The second kappa shape index (κ2) is 8.07. The number of fused-ring (bicyclic) bond motifs is 3. The summed E-state index contributed by atoms with van der Waals surface area (Å²) in [6.07, 6.45) is 1.01. The summed E-state index contributed by atoms with van der Waals surface area (Å²) in [5, 5.41) is 3.71. The lowest BCUT2D eigenvalue weighted by Gasteiger charge is -2.09. The van der Waals surface area contributed by atoms with Crippen LogP contribution in [0.1, 0.15) is 24.4 Å². The van der Waals surface area contributed by atoms with Crippen LogP contribution in [0, 0.1) is 12.8 Å². The molecule has 0 fully saturated rings. The van der Waals surface area contributed by atoms with E-state index in [9.17, 15) is 0 Å². The first kappa shape index (κ1) is 21.1. The number of para-hydroxylation sites is 2. The van der Waals surface area contributed by atoms with Gasteiger partial charge in [-0.2, -0.15) is 4.57 Å². The van der Waals surface area contributed by atoms with E-state index in [-0.39, 0.29) is 0 Å². The van der Waals surface area contributed by atoms with Crippen molar-refractivity contribution in [1.29, 1.82) is 0 Å². The molecule has 0 N–H and O–H groups in total. The second-order valence-corrected chi connectivity index (χ2v) is 10.6. The first-order valence-corrected chi connectivity index (χ1v) is 12.7. The fourth-order valence-electron chi connectivity index (χ4n) is 5.10. The summed E-state index contributed by atoms with van der Waals surface area (Å²) in [5.74, 6) is 1.76. The third kappa shape index (κ3) is 3.24. The average Bonchev–Trinajstić information content (AvgIpc) is 3.36. The lowest BCUT2D eigenvalue weighted by molar-refractivity contribution is -0.633. The molecule has 0 unspecified atom stereocenters. The highest BCUT2D eigenvalue weighted by Crippen LogP contribution is 2.37. The van der Waals surface area contributed by atoms with Gasteiger partial charge in [0.2, 0.25) is 0 Å². The van der Waals surface area contributed by atoms with Gasteiger partial charge in [-0.3, -0.25) is 0 Å². The minimum atomic E-state index is 0.586. The van der Waals surface area contributed by atoms with Gasteiger partial charge in [-0.25, -0.2) is 9.55 Å². The molecule has 0 saturated heterocycles. The Kier molecular flexibility index (Phi) is 5.00. The molecular formula is C30H28N3S+. The van der Waals surface area contributed by atoms with E-state index < -0.39 is 0 Å². The Labute approximate surface area is 203 Å². The second-order valence-electron chi connectivity index (χ2n) is 9.51. The zero-order valence-corrected chi connectivity index (χ0v) is 20.9. The first-order chi connectivity index (χ1) is 16.5. The monoisotopic (exact) mass is 462 g/mol. The van der Waals surface area contributed by atoms with E-state index in [0.717, 1.165) is 11.9 Å². The van der Waals surface area contributed by atoms with Gasteiger partial charge in [0.1, 0.15) is 5.69 Å². The van der Waals surface area contributed by atoms with Gasteiger partial charge < -0.3 is 0 Å². The molecule has 3 nitrogen and oxygen atoms in total. The summed E-state index contributed by atoms with van der Waals surface area (Å²) in [6.45, 7) is 6.73. The van der Waals surface area contributed by atoms with E-state index >= 15 is 0 Å². The van der Waals surface area contributed by atoms with E-state index in [4.69, 9.17) is 4.98 Å². The van der Waals surface area contributed by atoms with Gasteiger partial charge >= 0.3 is 0 Å². The number of hydrogen-bond acceptors (Lipinski definition) is 2. The van der Waals surface area contributed by atoms with Crippen LogP contribution in [0.5, 0.6) is 0 Å². The van der Waals surface area contributed by atoms with Crippen LogP contribution in [0.3, 0.4) is 0 Å². The van der Waals surface area contributed by atoms with Crippen molar-refractivity contribution in [2.75, 3.05) is 0 Å². The topological polar surface area (TPSA) is 21.7 Å². The maximum absolute atomic E-state index is 5.19. The Morgan fingerprint density at radius 3 is 2.53 bits per heavy atom. The van der Waals surface area contributed by atoms with E-state index in [1.807, 2.05) is 11.3 Å². The molecule has 0 amide bonds. The number of aromatic nitrogens is 3. The summed E-state index contributed by atoms with van der Waals surface area (Å²) in [5.41, 5.74) is 7.17. The van der Waals surface area contributed by atoms with Gasteiger partial charge in [0.15, 0.2) is 11.0 Å². The highest BCUT2D eigenvalue weighted by atomic mass is 32.1. The van der Waals surface area contributed by atoms with Crippen LogP contribution in [0.2, 0.25) is 0 Å². The molecule has 4 heteroatoms. The van der Waals surface area contributed by atoms with Crippen LogP contribution in [0.15, 0.2) is 78.9 Å². The highest BCUT2D eigenvalue weighted by molar-refractivity contribution is 7.18. The predicted molar refractivity (Wildman–Crippen MR) is 144 cm³/mol. The number of aryl methyl sites for hydroxylation is 2. The molecule has 0 atom stereocenters. The molecular weight excluding hydrogens is 434 g/mol. The number of benzene rings is 4. The van der Waals surface area contributed by atoms with Crippen LogP contribution < -0.4 is 4.57 Å². The molecule has 4 aromatic carbocycles. The summed E-state index contributed by atoms with van der Waals surface area (Å²) >= 11 is 1.83. The maximum atomic E-state index is 5.19. The number of thiazole rings is 1. The summed E-state index contributed by atoms with van der Waals surface area (Å²) in [7, 11) is 2.18. The van der Waals surface area contributed by atoms with Crippen LogP contribution in [0.25, 0.3) is 49.1 Å². The molecule has 2 aromatic heterocycles. The van der Waals surface area contributed by atoms with Gasteiger partial charge in [0, 0.05) is 11.8 Å². The van der Waals surface area contributed by atoms with Crippen molar-refractivity contribution in [3.63, 3.8) is 0 Å². The normalized spacial score (nSPS) is 11.9. The van der Waals surface area contributed by atoms with Crippen molar-refractivity contribution in [2.45, 2.75) is 27.2 Å². The van der Waals surface area contributed by atoms with E-state index in [2.05, 4.69) is 116 Å². The van der Waals surface area contributed by atoms with Crippen LogP contribution in [-0.4, -0.2) is 9.55 Å². The summed E-state index contributed by atoms with van der Waals surface area (Å²) in [6, 6.07) is 28.4. The lowest BCUT2D eigenvalue weighted by atomic mass is 10.0. The third-order valence-electron chi connectivity index (χ3n) is 6.64. The minimum Gasteiger partial charge on any atom is -0.240 e. The minimum absolute atomic E-state index is 0.586. The quantitative estimate of drug-likeness (QED) is 0.250. The van der Waals surface area contributed by atoms with Gasteiger partial charge in [-0.05, 0) is 48.1 Å². The van der Waals surface area contributed by atoms with E-state index in [1.54, 1.807) is 0 Å². The van der Waals surface area contributed by atoms with Gasteiger partial charge in [0.25, 0.3) is 5.82 Å². The Morgan fingerprint density at radius 1 is 0.912 bits per heavy atom. The fourth-order valence-corrected chi connectivity index (χ4v) is 6.29. The van der Waals surface area contributed by atoms with E-state index in [0.29, 0.717) is 5.92 Å². The number of nitrogens with zero attached hydrogens (tertiary/aromatic N) is 3. The first-order valence-electron chi connectivity index (χ1n) is 11.9. The van der Waals surface area contributed by atoms with Crippen LogP contribution in [-0.2, 0) is 13.5 Å². The molecule has 2 heterocycles. The molecule has 0 radical (unpaired) electrons. The molecule has 6 rings (SSSR count). The predicted octanol–water partition coefficient (Wildman–Crippen LogP) is 7.39. The zero-order valence-electron chi connectivity index (χ0n) is 20.0. The number of rotatable bonds is 4. The summed E-state index contributed by atoms with van der Waals surface area (Å²) in [4.78, 5) is 5.19. The standard InChI is InChI=1S/C30H28N3S/c1-19(2)18-27-31-29-26(34-27)17-16-20(3)28(29)30-32(4)24-13-7-8-14-25(24)33(30)23-15-9-11-21-10-5-6-12-22(21)23/h5-17,19H,18H2,1-4H3/q+1. The zero-order chi connectivity index (χ0) is 23.4.